The second-order valence-corrected chi connectivity index (χ2v) is 22.2. The summed E-state index contributed by atoms with van der Waals surface area (Å²) in [4.78, 5) is 128. The minimum atomic E-state index is -1.89. The number of hydrogen-bond donors (Lipinski definition) is 2. The van der Waals surface area contributed by atoms with Gasteiger partial charge in [0.1, 0.15) is 40.7 Å². The van der Waals surface area contributed by atoms with Gasteiger partial charge in [0, 0.05) is 71.5 Å². The van der Waals surface area contributed by atoms with E-state index < -0.39 is 107 Å². The number of aliphatic hydroxyl groups is 1. The van der Waals surface area contributed by atoms with E-state index in [1.165, 1.54) is 47.7 Å². The minimum Gasteiger partial charge on any atom is -0.495 e. The number of carbonyl (C=O) groups excluding carboxylic acids is 9. The van der Waals surface area contributed by atoms with Crippen molar-refractivity contribution in [2.24, 2.45) is 17.8 Å². The van der Waals surface area contributed by atoms with Gasteiger partial charge in [-0.3, -0.25) is 39.0 Å². The summed E-state index contributed by atoms with van der Waals surface area (Å²) in [5.41, 5.74) is -1.22. The molecule has 0 radical (unpaired) electrons. The van der Waals surface area contributed by atoms with E-state index in [0.717, 1.165) is 11.1 Å². The van der Waals surface area contributed by atoms with E-state index in [0.29, 0.717) is 48.6 Å². The standard InChI is InChI=1S/C52H68ClN5O16S/c1-9-33(55(5)40(59)19-20-75-37-24-44(63)57(47(37)64)27-30-13-15-32(16-14-30)48(65)74-58-41(60)17-18-42(58)61)49(66)72-39-25-43(62)56(6)34-22-31(23-35(69-7)45(34)53)21-28(2)11-10-12-38(70-8)52(68)26-36(71-50(67)54-52)29(3)46-51(39,4)73-46/h10-12,22-23,29-30,32-33,36-39,46,68H,9,13-21,24-27H2,1-8H3,(H,54,67)/b12-10+,28-11+/t29-,30?,32?,33+,36+,37?,38-,39+,46+,51+,52+/m1/s1. The third-order valence-electron chi connectivity index (χ3n) is 15.4. The van der Waals surface area contributed by atoms with Crippen molar-refractivity contribution in [3.05, 3.63) is 46.5 Å². The van der Waals surface area contributed by atoms with Gasteiger partial charge < -0.3 is 43.4 Å². The molecule has 7 rings (SSSR count). The van der Waals surface area contributed by atoms with Crippen LogP contribution in [0.25, 0.3) is 0 Å². The molecule has 1 unspecified atom stereocenters. The van der Waals surface area contributed by atoms with Crippen LogP contribution in [-0.2, 0) is 68.6 Å². The van der Waals surface area contributed by atoms with E-state index in [1.807, 2.05) is 13.0 Å². The minimum absolute atomic E-state index is 0.00228. The van der Waals surface area contributed by atoms with Gasteiger partial charge in [0.15, 0.2) is 5.72 Å². The number of thioether (sulfide) groups is 1. The lowest BCUT2D eigenvalue weighted by Gasteiger charge is -2.42. The zero-order valence-corrected chi connectivity index (χ0v) is 45.2. The first kappa shape index (κ1) is 57.2. The molecule has 1 aromatic rings. The molecule has 4 bridgehead atoms. The average molecular weight is 1090 g/mol. The second kappa shape index (κ2) is 23.8. The predicted molar refractivity (Wildman–Crippen MR) is 270 cm³/mol. The summed E-state index contributed by atoms with van der Waals surface area (Å²) in [6, 6.07) is 2.42. The van der Waals surface area contributed by atoms with Crippen LogP contribution >= 0.6 is 23.4 Å². The largest absolute Gasteiger partial charge is 0.495 e. The van der Waals surface area contributed by atoms with Crippen molar-refractivity contribution in [3.63, 3.8) is 0 Å². The Morgan fingerprint density at radius 3 is 2.36 bits per heavy atom. The molecule has 2 N–H and O–H groups in total. The fourth-order valence-electron chi connectivity index (χ4n) is 10.7. The normalized spacial score (nSPS) is 31.9. The second-order valence-electron chi connectivity index (χ2n) is 20.5. The number of likely N-dealkylation sites (tertiary alicyclic amines) is 1. The van der Waals surface area contributed by atoms with Gasteiger partial charge in [-0.05, 0) is 76.0 Å². The lowest BCUT2D eigenvalue weighted by molar-refractivity contribution is -0.201. The van der Waals surface area contributed by atoms with Gasteiger partial charge in [0.25, 0.3) is 11.8 Å². The lowest BCUT2D eigenvalue weighted by Crippen LogP contribution is -2.63. The summed E-state index contributed by atoms with van der Waals surface area (Å²) in [6.45, 7) is 7.24. The number of imide groups is 2. The van der Waals surface area contributed by atoms with Crippen LogP contribution in [0.4, 0.5) is 10.5 Å². The molecular formula is C52H68ClN5O16S. The maximum absolute atomic E-state index is 14.4. The molecule has 410 valence electrons. The van der Waals surface area contributed by atoms with Gasteiger partial charge >= 0.3 is 18.0 Å². The molecule has 1 aromatic carbocycles. The summed E-state index contributed by atoms with van der Waals surface area (Å²) in [5.74, 6) is -4.86. The molecule has 1 aliphatic carbocycles. The van der Waals surface area contributed by atoms with Gasteiger partial charge in [-0.1, -0.05) is 49.2 Å². The number of amides is 7. The molecule has 1 saturated carbocycles. The number of anilines is 1. The number of methoxy groups -OCH3 is 2. The molecule has 0 spiro atoms. The molecule has 9 atom stereocenters. The van der Waals surface area contributed by atoms with Crippen molar-refractivity contribution in [3.8, 4) is 5.75 Å². The van der Waals surface area contributed by atoms with Gasteiger partial charge in [0.2, 0.25) is 23.6 Å². The Hall–Kier alpha value is -5.55. The third-order valence-corrected chi connectivity index (χ3v) is 17.0. The van der Waals surface area contributed by atoms with Crippen LogP contribution < -0.4 is 15.0 Å². The van der Waals surface area contributed by atoms with Crippen molar-refractivity contribution in [1.29, 1.82) is 0 Å². The van der Waals surface area contributed by atoms with E-state index in [1.54, 1.807) is 52.1 Å². The number of epoxide rings is 1. The molecule has 6 aliphatic rings. The number of hydroxylamine groups is 2. The molecule has 4 saturated heterocycles. The van der Waals surface area contributed by atoms with E-state index in [-0.39, 0.29) is 73.6 Å². The maximum Gasteiger partial charge on any atom is 0.409 e. The fraction of sp³-hybridized carbons (Fsp3) is 0.635. The first-order valence-corrected chi connectivity index (χ1v) is 26.8. The Morgan fingerprint density at radius 2 is 1.71 bits per heavy atom. The van der Waals surface area contributed by atoms with E-state index in [2.05, 4.69) is 5.32 Å². The quantitative estimate of drug-likeness (QED) is 0.147. The predicted octanol–water partition coefficient (Wildman–Crippen LogP) is 4.57. The zero-order valence-electron chi connectivity index (χ0n) is 43.6. The highest BCUT2D eigenvalue weighted by Crippen LogP contribution is 2.49. The monoisotopic (exact) mass is 1090 g/mol. The molecule has 0 aromatic heterocycles. The highest BCUT2D eigenvalue weighted by Gasteiger charge is 2.64. The molecule has 5 fully saturated rings. The number of rotatable bonds is 14. The van der Waals surface area contributed by atoms with Crippen molar-refractivity contribution >= 4 is 82.5 Å². The Balaban J connectivity index is 1.00. The van der Waals surface area contributed by atoms with E-state index in [9.17, 15) is 48.3 Å². The highest BCUT2D eigenvalue weighted by molar-refractivity contribution is 8.00. The smallest absolute Gasteiger partial charge is 0.409 e. The Morgan fingerprint density at radius 1 is 1.01 bits per heavy atom. The number of allylic oxidation sites excluding steroid dienone is 3. The van der Waals surface area contributed by atoms with Gasteiger partial charge in [0.05, 0.1) is 36.5 Å². The molecular weight excluding hydrogens is 1020 g/mol. The van der Waals surface area contributed by atoms with Crippen molar-refractivity contribution in [2.45, 2.75) is 152 Å². The summed E-state index contributed by atoms with van der Waals surface area (Å²) < 4.78 is 29.6. The summed E-state index contributed by atoms with van der Waals surface area (Å²) in [5, 5.41) is 14.4. The number of hydrogen-bond acceptors (Lipinski definition) is 17. The van der Waals surface area contributed by atoms with Crippen LogP contribution in [0.15, 0.2) is 35.9 Å². The summed E-state index contributed by atoms with van der Waals surface area (Å²) >= 11 is 8.01. The number of halogens is 1. The van der Waals surface area contributed by atoms with E-state index in [4.69, 9.17) is 40.1 Å². The van der Waals surface area contributed by atoms with Gasteiger partial charge in [-0.15, -0.1) is 16.8 Å². The number of fused-ring (bicyclic) bond motifs is 5. The number of carbonyl (C=O) groups is 9. The Kier molecular flexibility index (Phi) is 18.1. The van der Waals surface area contributed by atoms with Crippen molar-refractivity contribution < 1.29 is 76.8 Å². The number of nitrogens with zero attached hydrogens (tertiary/aromatic N) is 4. The number of likely N-dealkylation sites (N-methyl/N-ethyl adjacent to an activating group) is 1. The Labute approximate surface area is 445 Å². The third kappa shape index (κ3) is 12.7. The molecule has 7 amide bonds. The van der Waals surface area contributed by atoms with Crippen molar-refractivity contribution in [1.82, 2.24) is 20.2 Å². The molecule has 5 heterocycles. The van der Waals surface area contributed by atoms with Crippen LogP contribution in [0, 0.1) is 17.8 Å². The highest BCUT2D eigenvalue weighted by atomic mass is 35.5. The van der Waals surface area contributed by atoms with Crippen LogP contribution in [0.3, 0.4) is 0 Å². The molecule has 21 nitrogen and oxygen atoms in total. The van der Waals surface area contributed by atoms with Crippen LogP contribution in [0.5, 0.6) is 5.75 Å². The number of nitrogens with one attached hydrogen (secondary N) is 1. The topological polar surface area (TPSA) is 258 Å². The van der Waals surface area contributed by atoms with E-state index >= 15 is 0 Å². The summed E-state index contributed by atoms with van der Waals surface area (Å²) in [6.07, 6.45) is 2.20. The average Bonchev–Trinajstić information content (AvgIpc) is 3.88. The molecule has 75 heavy (non-hydrogen) atoms. The SMILES string of the molecule is CC[C@@H](C(=O)O[C@H]1CC(=O)N(C)c2cc(cc(OC)c2Cl)C/C(C)=C/C=C/[C@@H](OC)[C@@]2(O)C[C@H](OC(=O)N2)[C@@H](C)[C@@H]2O[C@@]12C)N(C)C(=O)CCSC1CC(=O)N(CC2CCC(C(=O)ON3C(=O)CCC3=O)CC2)C1=O. The zero-order chi connectivity index (χ0) is 54.7. The molecule has 23 heteroatoms. The van der Waals surface area contributed by atoms with Crippen LogP contribution in [0.2, 0.25) is 5.02 Å². The first-order valence-electron chi connectivity index (χ1n) is 25.4. The first-order chi connectivity index (χ1) is 35.5. The van der Waals surface area contributed by atoms with Gasteiger partial charge in [-0.25, -0.2) is 14.4 Å². The van der Waals surface area contributed by atoms with Crippen LogP contribution in [0.1, 0.15) is 104 Å². The van der Waals surface area contributed by atoms with Gasteiger partial charge in [-0.2, -0.15) is 0 Å². The lowest BCUT2D eigenvalue weighted by atomic mass is 9.82. The number of esters is 1. The number of alkyl carbamates (subject to hydrolysis) is 1. The van der Waals surface area contributed by atoms with Crippen molar-refractivity contribution in [2.75, 3.05) is 45.5 Å². The number of ether oxygens (including phenoxy) is 5. The fourth-order valence-corrected chi connectivity index (χ4v) is 12.1. The van der Waals surface area contributed by atoms with Crippen LogP contribution in [-0.4, -0.2) is 161 Å². The maximum atomic E-state index is 14.4. The summed E-state index contributed by atoms with van der Waals surface area (Å²) in [7, 11) is 5.88. The number of benzene rings is 1. The molecule has 5 aliphatic heterocycles. The Bertz CT molecular complexity index is 2480.